The molecule has 0 saturated heterocycles. The zero-order valence-corrected chi connectivity index (χ0v) is 10.4. The molecule has 0 saturated carbocycles. The van der Waals surface area contributed by atoms with Crippen LogP contribution in [-0.2, 0) is 14.3 Å². The van der Waals surface area contributed by atoms with Crippen LogP contribution in [0, 0.1) is 0 Å². The Hall–Kier alpha value is -1.21. The quantitative estimate of drug-likeness (QED) is 0.283. The lowest BCUT2D eigenvalue weighted by atomic mass is 10.3. The summed E-state index contributed by atoms with van der Waals surface area (Å²) < 4.78 is 4.48. The van der Waals surface area contributed by atoms with E-state index in [0.717, 1.165) is 0 Å². The van der Waals surface area contributed by atoms with E-state index in [-0.39, 0.29) is 11.4 Å². The Morgan fingerprint density at radius 1 is 1.50 bits per heavy atom. The number of hydrogen-bond donors (Lipinski definition) is 4. The molecule has 0 unspecified atom stereocenters. The molecule has 0 fully saturated rings. The van der Waals surface area contributed by atoms with Gasteiger partial charge in [0.1, 0.15) is 6.04 Å². The lowest BCUT2D eigenvalue weighted by Crippen LogP contribution is -2.46. The molecule has 0 aromatic carbocycles. The van der Waals surface area contributed by atoms with E-state index in [1.165, 1.54) is 7.11 Å². The number of carbonyl (C=O) groups excluding carboxylic acids is 2. The minimum absolute atomic E-state index is 0.0297. The summed E-state index contributed by atoms with van der Waals surface area (Å²) in [6.07, 6.45) is 0. The van der Waals surface area contributed by atoms with Gasteiger partial charge in [-0.15, -0.1) is 12.6 Å². The highest BCUT2D eigenvalue weighted by molar-refractivity contribution is 7.85. The van der Waals surface area contributed by atoms with Crippen molar-refractivity contribution in [1.29, 1.82) is 0 Å². The lowest BCUT2D eigenvalue weighted by Gasteiger charge is -2.15. The van der Waals surface area contributed by atoms with E-state index >= 15 is 0 Å². The Morgan fingerprint density at radius 3 is 2.44 bits per heavy atom. The predicted molar refractivity (Wildman–Crippen MR) is 63.7 cm³/mol. The molecule has 92 valence electrons. The number of esters is 1. The summed E-state index contributed by atoms with van der Waals surface area (Å²) >= 11 is 4.02. The number of allylic oxidation sites excluding steroid dienone is 1. The third kappa shape index (κ3) is 4.11. The van der Waals surface area contributed by atoms with E-state index in [9.17, 15) is 9.59 Å². The van der Waals surface area contributed by atoms with Gasteiger partial charge < -0.3 is 21.1 Å². The van der Waals surface area contributed by atoms with Gasteiger partial charge in [0.05, 0.1) is 12.0 Å². The van der Waals surface area contributed by atoms with Gasteiger partial charge >= 0.3 is 5.97 Å². The van der Waals surface area contributed by atoms with Crippen molar-refractivity contribution >= 4 is 24.5 Å². The molecule has 1 amide bonds. The molecular weight excluding hydrogens is 230 g/mol. The Morgan fingerprint density at radius 2 is 2.06 bits per heavy atom. The second-order valence-corrected chi connectivity index (χ2v) is 3.46. The summed E-state index contributed by atoms with van der Waals surface area (Å²) in [7, 11) is 2.90. The van der Waals surface area contributed by atoms with Gasteiger partial charge in [-0.3, -0.25) is 4.79 Å². The largest absolute Gasteiger partial charge is 0.467 e. The number of nitrogens with one attached hydrogen (secondary N) is 2. The van der Waals surface area contributed by atoms with E-state index in [1.54, 1.807) is 14.0 Å². The van der Waals surface area contributed by atoms with Crippen molar-refractivity contribution in [2.24, 2.45) is 5.73 Å². The maximum absolute atomic E-state index is 11.6. The molecule has 7 heteroatoms. The van der Waals surface area contributed by atoms with E-state index in [1.807, 2.05) is 0 Å². The number of rotatable bonds is 5. The first kappa shape index (κ1) is 14.8. The van der Waals surface area contributed by atoms with Crippen LogP contribution < -0.4 is 16.4 Å². The molecule has 0 bridgehead atoms. The molecule has 0 aromatic rings. The van der Waals surface area contributed by atoms with Crippen molar-refractivity contribution in [3.05, 3.63) is 10.6 Å². The maximum atomic E-state index is 11.6. The van der Waals surface area contributed by atoms with Crippen LogP contribution in [0.1, 0.15) is 6.92 Å². The predicted octanol–water partition coefficient (Wildman–Crippen LogP) is -1.02. The summed E-state index contributed by atoms with van der Waals surface area (Å²) in [5.41, 5.74) is 5.93. The Bertz CT molecular complexity index is 304. The van der Waals surface area contributed by atoms with Gasteiger partial charge in [0.2, 0.25) is 0 Å². The topological polar surface area (TPSA) is 93.5 Å². The molecule has 0 aliphatic carbocycles. The van der Waals surface area contributed by atoms with Crippen LogP contribution in [-0.4, -0.2) is 38.6 Å². The van der Waals surface area contributed by atoms with Crippen molar-refractivity contribution in [3.8, 4) is 0 Å². The van der Waals surface area contributed by atoms with Crippen molar-refractivity contribution < 1.29 is 14.3 Å². The number of hydrogen-bond acceptors (Lipinski definition) is 6. The Balaban J connectivity index is 4.60. The Kier molecular flexibility index (Phi) is 6.59. The molecule has 0 aliphatic rings. The second-order valence-electron chi connectivity index (χ2n) is 3.01. The third-order valence-electron chi connectivity index (χ3n) is 1.97. The molecular formula is C9H17N3O3S. The van der Waals surface area contributed by atoms with Gasteiger partial charge in [0.15, 0.2) is 0 Å². The lowest BCUT2D eigenvalue weighted by molar-refractivity contribution is -0.144. The molecule has 0 aliphatic heterocycles. The zero-order chi connectivity index (χ0) is 12.7. The molecule has 0 radical (unpaired) electrons. The molecule has 0 heterocycles. The van der Waals surface area contributed by atoms with Gasteiger partial charge in [-0.1, -0.05) is 0 Å². The van der Waals surface area contributed by atoms with Gasteiger partial charge in [-0.05, 0) is 6.92 Å². The van der Waals surface area contributed by atoms with Crippen molar-refractivity contribution in [2.75, 3.05) is 20.7 Å². The van der Waals surface area contributed by atoms with Crippen LogP contribution in [0.2, 0.25) is 0 Å². The Labute approximate surface area is 100 Å². The monoisotopic (exact) mass is 247 g/mol. The minimum atomic E-state index is -0.857. The first-order valence-corrected chi connectivity index (χ1v) is 5.09. The van der Waals surface area contributed by atoms with Crippen LogP contribution >= 0.6 is 12.6 Å². The number of amides is 1. The highest BCUT2D eigenvalue weighted by Gasteiger charge is 2.21. The van der Waals surface area contributed by atoms with Gasteiger partial charge in [-0.2, -0.15) is 0 Å². The fourth-order valence-electron chi connectivity index (χ4n) is 0.872. The summed E-state index contributed by atoms with van der Waals surface area (Å²) in [5.74, 6) is -1.06. The summed E-state index contributed by atoms with van der Waals surface area (Å²) in [6, 6.07) is -0.857. The molecule has 6 nitrogen and oxygen atoms in total. The molecule has 0 rings (SSSR count). The van der Waals surface area contributed by atoms with E-state index in [4.69, 9.17) is 5.73 Å². The van der Waals surface area contributed by atoms with E-state index in [0.29, 0.717) is 5.70 Å². The van der Waals surface area contributed by atoms with Gasteiger partial charge in [-0.25, -0.2) is 4.79 Å². The smallest absolute Gasteiger partial charge is 0.329 e. The maximum Gasteiger partial charge on any atom is 0.329 e. The molecule has 16 heavy (non-hydrogen) atoms. The number of methoxy groups -OCH3 is 1. The molecule has 1 atom stereocenters. The van der Waals surface area contributed by atoms with Crippen LogP contribution in [0.4, 0.5) is 0 Å². The minimum Gasteiger partial charge on any atom is -0.467 e. The fraction of sp³-hybridized carbons (Fsp3) is 0.556. The van der Waals surface area contributed by atoms with Gasteiger partial charge in [0, 0.05) is 19.3 Å². The number of carbonyl (C=O) groups is 2. The van der Waals surface area contributed by atoms with Crippen LogP contribution in [0.3, 0.4) is 0 Å². The normalized spacial score (nSPS) is 13.6. The zero-order valence-electron chi connectivity index (χ0n) is 9.53. The number of thiol groups is 1. The van der Waals surface area contributed by atoms with E-state index in [2.05, 4.69) is 28.0 Å². The van der Waals surface area contributed by atoms with Crippen LogP contribution in [0.15, 0.2) is 10.6 Å². The van der Waals surface area contributed by atoms with E-state index < -0.39 is 17.9 Å². The first-order chi connectivity index (χ1) is 7.47. The molecule has 0 aromatic heterocycles. The standard InChI is InChI=1S/C9H17N3O3S/c1-5(11-2)7(16)8(13)12-6(4-10)9(14)15-3/h6,11,16H,4,10H2,1-3H3,(H,12,13)/b7-5-/t6-/m0/s1. The summed E-state index contributed by atoms with van der Waals surface area (Å²) in [4.78, 5) is 23.0. The number of nitrogens with two attached hydrogens (primary N) is 1. The van der Waals surface area contributed by atoms with Crippen molar-refractivity contribution in [2.45, 2.75) is 13.0 Å². The highest BCUT2D eigenvalue weighted by atomic mass is 32.1. The van der Waals surface area contributed by atoms with Crippen molar-refractivity contribution in [1.82, 2.24) is 10.6 Å². The summed E-state index contributed by atoms with van der Waals surface area (Å²) in [5, 5.41) is 5.19. The van der Waals surface area contributed by atoms with Gasteiger partial charge in [0.25, 0.3) is 5.91 Å². The average Bonchev–Trinajstić information content (AvgIpc) is 2.32. The van der Waals surface area contributed by atoms with Crippen molar-refractivity contribution in [3.63, 3.8) is 0 Å². The SMILES string of the molecule is CN/C(C)=C(\S)C(=O)N[C@@H](CN)C(=O)OC. The van der Waals surface area contributed by atoms with Crippen LogP contribution in [0.25, 0.3) is 0 Å². The first-order valence-electron chi connectivity index (χ1n) is 4.64. The average molecular weight is 247 g/mol. The van der Waals surface area contributed by atoms with Crippen LogP contribution in [0.5, 0.6) is 0 Å². The third-order valence-corrected chi connectivity index (χ3v) is 2.51. The fourth-order valence-corrected chi connectivity index (χ4v) is 1.05. The molecule has 4 N–H and O–H groups in total. The molecule has 0 spiro atoms. The number of ether oxygens (including phenoxy) is 1. The summed E-state index contributed by atoms with van der Waals surface area (Å²) in [6.45, 7) is 1.66. The highest BCUT2D eigenvalue weighted by Crippen LogP contribution is 2.06. The second kappa shape index (κ2) is 7.13.